The van der Waals surface area contributed by atoms with Crippen molar-refractivity contribution in [3.05, 3.63) is 82.7 Å². The largest absolute Gasteiger partial charge is 0.368 e. The van der Waals surface area contributed by atoms with Crippen LogP contribution in [-0.2, 0) is 16.0 Å². The van der Waals surface area contributed by atoms with Gasteiger partial charge in [0.1, 0.15) is 11.9 Å². The maximum atomic E-state index is 13.1. The van der Waals surface area contributed by atoms with Gasteiger partial charge in [0, 0.05) is 37.1 Å². The van der Waals surface area contributed by atoms with Crippen LogP contribution < -0.4 is 5.32 Å². The average Bonchev–Trinajstić information content (AvgIpc) is 2.80. The zero-order valence-corrected chi connectivity index (χ0v) is 18.9. The van der Waals surface area contributed by atoms with Gasteiger partial charge in [0.15, 0.2) is 0 Å². The Bertz CT molecular complexity index is 1070. The van der Waals surface area contributed by atoms with Gasteiger partial charge in [-0.05, 0) is 55.7 Å². The second-order valence-corrected chi connectivity index (χ2v) is 8.24. The fourth-order valence-corrected chi connectivity index (χ4v) is 3.87. The lowest BCUT2D eigenvalue weighted by Gasteiger charge is -2.32. The summed E-state index contributed by atoms with van der Waals surface area (Å²) in [7, 11) is 0. The van der Waals surface area contributed by atoms with Crippen LogP contribution in [0.25, 0.3) is 0 Å². The monoisotopic (exact) mass is 449 g/mol. The molecule has 0 aliphatic carbocycles. The predicted octanol–water partition coefficient (Wildman–Crippen LogP) is 3.62. The third kappa shape index (κ3) is 6.32. The average molecular weight is 450 g/mol. The van der Waals surface area contributed by atoms with Crippen LogP contribution in [0.1, 0.15) is 40.7 Å². The van der Waals surface area contributed by atoms with Crippen LogP contribution >= 0.6 is 0 Å². The van der Waals surface area contributed by atoms with E-state index in [1.807, 2.05) is 43.1 Å². The second-order valence-electron chi connectivity index (χ2n) is 8.24. The molecule has 1 saturated heterocycles. The number of aromatic nitrogens is 3. The Morgan fingerprint density at radius 3 is 2.55 bits per heavy atom. The number of aryl methyl sites for hydroxylation is 2. The number of hydrogen-bond donors (Lipinski definition) is 1. The maximum absolute atomic E-state index is 13.1. The number of pyridine rings is 1. The van der Waals surface area contributed by atoms with Crippen molar-refractivity contribution in [2.45, 2.75) is 32.8 Å². The molecule has 0 radical (unpaired) electrons. The lowest BCUT2D eigenvalue weighted by Crippen LogP contribution is -2.43. The molecular weight excluding hydrogens is 421 g/mol. The molecule has 1 fully saturated rings. The molecule has 0 spiro atoms. The van der Waals surface area contributed by atoms with Crippen LogP contribution in [0.3, 0.4) is 0 Å². The number of amides is 1. The van der Waals surface area contributed by atoms with Crippen LogP contribution in [0.15, 0.2) is 48.7 Å². The minimum Gasteiger partial charge on any atom is -0.368 e. The predicted molar refractivity (Wildman–Crippen MR) is 123 cm³/mol. The van der Waals surface area contributed by atoms with E-state index in [0.29, 0.717) is 45.0 Å². The van der Waals surface area contributed by atoms with Crippen LogP contribution in [0.4, 0.5) is 10.3 Å². The highest BCUT2D eigenvalue weighted by molar-refractivity contribution is 5.76. The number of benzene rings is 1. The van der Waals surface area contributed by atoms with Gasteiger partial charge in [0.05, 0.1) is 18.8 Å². The van der Waals surface area contributed by atoms with Gasteiger partial charge < -0.3 is 15.0 Å². The van der Waals surface area contributed by atoms with Crippen molar-refractivity contribution in [1.82, 2.24) is 19.9 Å². The van der Waals surface area contributed by atoms with Gasteiger partial charge in [-0.1, -0.05) is 18.2 Å². The summed E-state index contributed by atoms with van der Waals surface area (Å²) in [6, 6.07) is 12.3. The number of halogens is 1. The summed E-state index contributed by atoms with van der Waals surface area (Å²) in [5.74, 6) is 0.369. The SMILES string of the molecule is Cc1cc(C)nc(NCCC(=O)N2CCO[C@@H](c3ccc(Cc4ccc(F)cc4)cn3)C2)n1. The van der Waals surface area contributed by atoms with E-state index >= 15 is 0 Å². The Morgan fingerprint density at radius 2 is 1.85 bits per heavy atom. The van der Waals surface area contributed by atoms with E-state index in [2.05, 4.69) is 20.3 Å². The molecule has 1 amide bonds. The van der Waals surface area contributed by atoms with Crippen LogP contribution in [0, 0.1) is 19.7 Å². The minimum atomic E-state index is -0.252. The standard InChI is InChI=1S/C25H28FN5O2/c1-17-13-18(2)30-25(29-17)27-10-9-24(32)31-11-12-33-23(16-31)22-8-5-20(15-28-22)14-19-3-6-21(26)7-4-19/h3-8,13,15,23H,9-12,14,16H2,1-2H3,(H,27,29,30)/t23-/m1/s1. The van der Waals surface area contributed by atoms with E-state index in [4.69, 9.17) is 4.74 Å². The summed E-state index contributed by atoms with van der Waals surface area (Å²) >= 11 is 0. The lowest BCUT2D eigenvalue weighted by molar-refractivity contribution is -0.138. The van der Waals surface area contributed by atoms with E-state index in [9.17, 15) is 9.18 Å². The van der Waals surface area contributed by atoms with E-state index in [-0.39, 0.29) is 17.8 Å². The Morgan fingerprint density at radius 1 is 1.12 bits per heavy atom. The smallest absolute Gasteiger partial charge is 0.224 e. The van der Waals surface area contributed by atoms with Gasteiger partial charge in [0.2, 0.25) is 11.9 Å². The normalized spacial score (nSPS) is 16.0. The summed E-state index contributed by atoms with van der Waals surface area (Å²) in [5.41, 5.74) is 4.65. The summed E-state index contributed by atoms with van der Waals surface area (Å²) in [5, 5.41) is 3.13. The van der Waals surface area contributed by atoms with Crippen molar-refractivity contribution in [1.29, 1.82) is 0 Å². The summed E-state index contributed by atoms with van der Waals surface area (Å²) in [4.78, 5) is 27.8. The second kappa shape index (κ2) is 10.5. The molecule has 1 aliphatic rings. The highest BCUT2D eigenvalue weighted by atomic mass is 19.1. The zero-order valence-electron chi connectivity index (χ0n) is 18.9. The van der Waals surface area contributed by atoms with Gasteiger partial charge in [0.25, 0.3) is 0 Å². The number of hydrogen-bond acceptors (Lipinski definition) is 6. The third-order valence-corrected chi connectivity index (χ3v) is 5.52. The summed E-state index contributed by atoms with van der Waals surface area (Å²) in [6.45, 7) is 5.83. The molecule has 1 aliphatic heterocycles. The fourth-order valence-electron chi connectivity index (χ4n) is 3.87. The molecule has 0 saturated carbocycles. The molecule has 1 N–H and O–H groups in total. The first-order valence-electron chi connectivity index (χ1n) is 11.1. The van der Waals surface area contributed by atoms with E-state index < -0.39 is 0 Å². The van der Waals surface area contributed by atoms with Crippen molar-refractivity contribution >= 4 is 11.9 Å². The fraction of sp³-hybridized carbons (Fsp3) is 0.360. The number of rotatable bonds is 7. The molecule has 2 aromatic heterocycles. The molecule has 0 unspecified atom stereocenters. The molecule has 1 atom stereocenters. The molecule has 0 bridgehead atoms. The van der Waals surface area contributed by atoms with Crippen LogP contribution in [0.2, 0.25) is 0 Å². The first kappa shape index (κ1) is 22.8. The highest BCUT2D eigenvalue weighted by Crippen LogP contribution is 2.22. The van der Waals surface area contributed by atoms with Crippen molar-refractivity contribution < 1.29 is 13.9 Å². The number of ether oxygens (including phenoxy) is 1. The molecule has 4 rings (SSSR count). The summed E-state index contributed by atoms with van der Waals surface area (Å²) < 4.78 is 19.0. The van der Waals surface area contributed by atoms with Gasteiger partial charge >= 0.3 is 0 Å². The number of morpholine rings is 1. The number of nitrogens with zero attached hydrogens (tertiary/aromatic N) is 4. The van der Waals surface area contributed by atoms with Gasteiger partial charge in [-0.15, -0.1) is 0 Å². The van der Waals surface area contributed by atoms with Crippen LogP contribution in [-0.4, -0.2) is 52.0 Å². The zero-order chi connectivity index (χ0) is 23.2. The highest BCUT2D eigenvalue weighted by Gasteiger charge is 2.26. The molecule has 7 nitrogen and oxygen atoms in total. The molecule has 172 valence electrons. The molecule has 8 heteroatoms. The number of carbonyl (C=O) groups is 1. The van der Waals surface area contributed by atoms with E-state index in [0.717, 1.165) is 28.2 Å². The topological polar surface area (TPSA) is 80.2 Å². The third-order valence-electron chi connectivity index (χ3n) is 5.52. The van der Waals surface area contributed by atoms with E-state index in [1.54, 1.807) is 12.1 Å². The number of carbonyl (C=O) groups excluding carboxylic acids is 1. The van der Waals surface area contributed by atoms with E-state index in [1.165, 1.54) is 12.1 Å². The first-order chi connectivity index (χ1) is 16.0. The summed E-state index contributed by atoms with van der Waals surface area (Å²) in [6.07, 6.45) is 2.60. The maximum Gasteiger partial charge on any atom is 0.224 e. The van der Waals surface area contributed by atoms with Gasteiger partial charge in [-0.25, -0.2) is 14.4 Å². The molecule has 33 heavy (non-hydrogen) atoms. The molecular formula is C25H28FN5O2. The number of anilines is 1. The Hall–Kier alpha value is -3.39. The molecule has 3 aromatic rings. The Kier molecular flexibility index (Phi) is 7.24. The van der Waals surface area contributed by atoms with Gasteiger partial charge in [-0.3, -0.25) is 9.78 Å². The van der Waals surface area contributed by atoms with Crippen molar-refractivity contribution in [2.75, 3.05) is 31.6 Å². The van der Waals surface area contributed by atoms with Gasteiger partial charge in [-0.2, -0.15) is 0 Å². The first-order valence-corrected chi connectivity index (χ1v) is 11.1. The van der Waals surface area contributed by atoms with Crippen LogP contribution in [0.5, 0.6) is 0 Å². The minimum absolute atomic E-state index is 0.0631. The quantitative estimate of drug-likeness (QED) is 0.594. The molecule has 3 heterocycles. The van der Waals surface area contributed by atoms with Crippen molar-refractivity contribution in [3.8, 4) is 0 Å². The molecule has 1 aromatic carbocycles. The lowest BCUT2D eigenvalue weighted by atomic mass is 10.1. The van der Waals surface area contributed by atoms with Crippen molar-refractivity contribution in [3.63, 3.8) is 0 Å². The van der Waals surface area contributed by atoms with Crippen molar-refractivity contribution in [2.24, 2.45) is 0 Å². The number of nitrogens with one attached hydrogen (secondary N) is 1. The Balaban J connectivity index is 1.29. The Labute approximate surface area is 193 Å².